The number of halogens is 8. The van der Waals surface area contributed by atoms with Gasteiger partial charge in [-0.25, -0.2) is 4.39 Å². The first-order valence-corrected chi connectivity index (χ1v) is 13.3. The van der Waals surface area contributed by atoms with Crippen LogP contribution >= 0.6 is 11.6 Å². The molecule has 2 aliphatic rings. The molecule has 0 spiro atoms. The van der Waals surface area contributed by atoms with Gasteiger partial charge in [-0.3, -0.25) is 19.4 Å². The van der Waals surface area contributed by atoms with Crippen LogP contribution in [0, 0.1) is 23.6 Å². The van der Waals surface area contributed by atoms with Gasteiger partial charge in [0.2, 0.25) is 11.8 Å². The summed E-state index contributed by atoms with van der Waals surface area (Å²) in [6.45, 7) is 0. The Kier molecular flexibility index (Phi) is 9.00. The number of rotatable bonds is 9. The smallest absolute Gasteiger partial charge is 0.369 e. The van der Waals surface area contributed by atoms with Crippen molar-refractivity contribution in [2.75, 3.05) is 0 Å². The number of fused-ring (bicyclic) bond motifs is 1. The van der Waals surface area contributed by atoms with E-state index in [2.05, 4.69) is 10.3 Å². The van der Waals surface area contributed by atoms with E-state index in [1.807, 2.05) is 0 Å². The van der Waals surface area contributed by atoms with Crippen molar-refractivity contribution in [2.45, 2.75) is 57.0 Å². The molecule has 1 saturated carbocycles. The van der Waals surface area contributed by atoms with Gasteiger partial charge >= 0.3 is 12.4 Å². The largest absolute Gasteiger partial charge is 0.416 e. The fraction of sp³-hybridized carbons (Fsp3) is 0.429. The van der Waals surface area contributed by atoms with Crippen molar-refractivity contribution in [1.82, 2.24) is 5.32 Å². The molecule has 6 nitrogen and oxygen atoms in total. The summed E-state index contributed by atoms with van der Waals surface area (Å²) in [6.07, 6.45) is -12.5. The van der Waals surface area contributed by atoms with Crippen molar-refractivity contribution in [3.05, 3.63) is 69.5 Å². The minimum Gasteiger partial charge on any atom is -0.369 e. The normalized spacial score (nSPS) is 18.9. The van der Waals surface area contributed by atoms with E-state index in [0.29, 0.717) is 6.07 Å². The van der Waals surface area contributed by atoms with Gasteiger partial charge < -0.3 is 11.1 Å². The third kappa shape index (κ3) is 7.67. The number of nitrogens with two attached hydrogens (primary N) is 1. The number of aliphatic imine (C=N–C) groups is 1. The van der Waals surface area contributed by atoms with Gasteiger partial charge in [0, 0.05) is 40.8 Å². The summed E-state index contributed by atoms with van der Waals surface area (Å²) in [5.41, 5.74) is 3.71. The number of hydrogen-bond donors (Lipinski definition) is 2. The molecule has 0 bridgehead atoms. The third-order valence-electron chi connectivity index (χ3n) is 7.28. The van der Waals surface area contributed by atoms with Crippen LogP contribution in [0.25, 0.3) is 0 Å². The van der Waals surface area contributed by atoms with Crippen molar-refractivity contribution in [3.63, 3.8) is 0 Å². The first-order chi connectivity index (χ1) is 19.5. The predicted molar refractivity (Wildman–Crippen MR) is 138 cm³/mol. The number of nitrogens with one attached hydrogen (secondary N) is 1. The number of Topliss-reactive ketones (excluding diaryl/α,β-unsaturated/α-hetero) is 1. The second-order valence-electron chi connectivity index (χ2n) is 10.5. The predicted octanol–water partition coefficient (Wildman–Crippen LogP) is 5.76. The lowest BCUT2D eigenvalue weighted by Gasteiger charge is -2.26. The molecule has 3 N–H and O–H groups in total. The number of nitrogens with zero attached hydrogens (tertiary/aromatic N) is 1. The molecule has 226 valence electrons. The van der Waals surface area contributed by atoms with E-state index in [4.69, 9.17) is 17.3 Å². The Bertz CT molecular complexity index is 1420. The fourth-order valence-corrected chi connectivity index (χ4v) is 5.24. The summed E-state index contributed by atoms with van der Waals surface area (Å²) in [7, 11) is 0. The average Bonchev–Trinajstić information content (AvgIpc) is 3.70. The number of alkyl halides is 6. The fourth-order valence-electron chi connectivity index (χ4n) is 5.00. The van der Waals surface area contributed by atoms with E-state index in [1.54, 1.807) is 0 Å². The maximum atomic E-state index is 14.4. The molecule has 3 atom stereocenters. The molecular weight excluding hydrogens is 595 g/mol. The highest BCUT2D eigenvalue weighted by molar-refractivity contribution is 6.32. The van der Waals surface area contributed by atoms with E-state index < -0.39 is 78.6 Å². The highest BCUT2D eigenvalue weighted by Crippen LogP contribution is 2.39. The van der Waals surface area contributed by atoms with Crippen molar-refractivity contribution < 1.29 is 45.1 Å². The molecular formula is C28H25ClF7N3O3. The van der Waals surface area contributed by atoms with E-state index in [-0.39, 0.29) is 45.8 Å². The Balaban J connectivity index is 1.76. The Morgan fingerprint density at radius 1 is 1.07 bits per heavy atom. The first-order valence-electron chi connectivity index (χ1n) is 13.0. The zero-order valence-electron chi connectivity index (χ0n) is 21.8. The molecule has 4 rings (SSSR count). The zero-order valence-corrected chi connectivity index (χ0v) is 22.5. The van der Waals surface area contributed by atoms with Crippen molar-refractivity contribution in [2.24, 2.45) is 28.5 Å². The van der Waals surface area contributed by atoms with Gasteiger partial charge in [-0.1, -0.05) is 36.6 Å². The number of benzene rings is 2. The lowest BCUT2D eigenvalue weighted by atomic mass is 9.83. The number of amides is 2. The van der Waals surface area contributed by atoms with Crippen LogP contribution < -0.4 is 11.1 Å². The maximum Gasteiger partial charge on any atom is 0.416 e. The second-order valence-corrected chi connectivity index (χ2v) is 10.9. The Morgan fingerprint density at radius 2 is 1.76 bits per heavy atom. The first kappa shape index (κ1) is 31.5. The van der Waals surface area contributed by atoms with Crippen molar-refractivity contribution >= 4 is 34.9 Å². The molecule has 1 fully saturated rings. The molecule has 2 amide bonds. The molecule has 0 saturated heterocycles. The summed E-state index contributed by atoms with van der Waals surface area (Å²) < 4.78 is 94.2. The summed E-state index contributed by atoms with van der Waals surface area (Å²) in [5, 5.41) is 2.33. The van der Waals surface area contributed by atoms with Crippen LogP contribution in [0.2, 0.25) is 5.02 Å². The quantitative estimate of drug-likeness (QED) is 0.349. The standard InChI is InChI=1S/C28H25ClF7N3O3/c29-21-3-1-2-17-19(21)12-22(40)25(38-23(17)14-9-15(28(34,35)36)11-16(30)10-14)39-26(42)18(6-7-27(31,32)33)20(24(37)41)8-13-4-5-13/h1-3,9-11,13,18,20,25H,4-8,12H2,(H2,37,41)(H,39,42)/t18-,20+,25-/m1/s1. The van der Waals surface area contributed by atoms with E-state index in [1.165, 1.54) is 18.2 Å². The highest BCUT2D eigenvalue weighted by atomic mass is 35.5. The van der Waals surface area contributed by atoms with Gasteiger partial charge in [0.25, 0.3) is 0 Å². The van der Waals surface area contributed by atoms with Gasteiger partial charge in [-0.05, 0) is 48.6 Å². The molecule has 42 heavy (non-hydrogen) atoms. The minimum absolute atomic E-state index is 0.0141. The lowest BCUT2D eigenvalue weighted by molar-refractivity contribution is -0.146. The summed E-state index contributed by atoms with van der Waals surface area (Å²) >= 11 is 6.28. The molecule has 2 aromatic rings. The number of carbonyl (C=O) groups excluding carboxylic acids is 3. The topological polar surface area (TPSA) is 102 Å². The molecule has 0 radical (unpaired) electrons. The SMILES string of the molecule is NC(=O)[C@@H](CC1CC1)[C@@H](CCC(F)(F)F)C(=O)N[C@H]1N=C(c2cc(F)cc(C(F)(F)F)c2)c2cccc(Cl)c2CC1=O. The van der Waals surface area contributed by atoms with Crippen LogP contribution in [0.4, 0.5) is 30.7 Å². The zero-order chi connectivity index (χ0) is 31.0. The van der Waals surface area contributed by atoms with Gasteiger partial charge in [0.05, 0.1) is 11.3 Å². The van der Waals surface area contributed by atoms with Crippen LogP contribution in [0.3, 0.4) is 0 Å². The third-order valence-corrected chi connectivity index (χ3v) is 7.63. The molecule has 2 aromatic carbocycles. The maximum absolute atomic E-state index is 14.4. The van der Waals surface area contributed by atoms with Crippen LogP contribution in [0.5, 0.6) is 0 Å². The van der Waals surface area contributed by atoms with Crippen LogP contribution in [-0.4, -0.2) is 35.7 Å². The van der Waals surface area contributed by atoms with E-state index in [9.17, 15) is 45.1 Å². The Morgan fingerprint density at radius 3 is 2.36 bits per heavy atom. The number of ketones is 1. The Hall–Kier alpha value is -3.48. The monoisotopic (exact) mass is 619 g/mol. The van der Waals surface area contributed by atoms with E-state index in [0.717, 1.165) is 18.9 Å². The number of carbonyl (C=O) groups is 3. The van der Waals surface area contributed by atoms with Crippen LogP contribution in [0.1, 0.15) is 54.4 Å². The molecule has 1 aliphatic carbocycles. The van der Waals surface area contributed by atoms with Crippen molar-refractivity contribution in [3.8, 4) is 0 Å². The van der Waals surface area contributed by atoms with Crippen LogP contribution in [-0.2, 0) is 27.0 Å². The van der Waals surface area contributed by atoms with Gasteiger partial charge in [0.1, 0.15) is 5.82 Å². The highest BCUT2D eigenvalue weighted by Gasteiger charge is 2.41. The van der Waals surface area contributed by atoms with Gasteiger partial charge in [0.15, 0.2) is 11.9 Å². The summed E-state index contributed by atoms with van der Waals surface area (Å²) in [4.78, 5) is 43.1. The molecule has 0 unspecified atom stereocenters. The molecule has 1 heterocycles. The summed E-state index contributed by atoms with van der Waals surface area (Å²) in [5.74, 6) is -6.91. The van der Waals surface area contributed by atoms with E-state index >= 15 is 0 Å². The lowest BCUT2D eigenvalue weighted by Crippen LogP contribution is -2.47. The molecule has 0 aromatic heterocycles. The molecule has 14 heteroatoms. The Labute approximate surface area is 240 Å². The number of hydrogen-bond acceptors (Lipinski definition) is 4. The van der Waals surface area contributed by atoms with Crippen molar-refractivity contribution in [1.29, 1.82) is 0 Å². The summed E-state index contributed by atoms with van der Waals surface area (Å²) in [6, 6.07) is 5.91. The minimum atomic E-state index is -4.93. The van der Waals surface area contributed by atoms with Gasteiger partial charge in [-0.15, -0.1) is 0 Å². The second kappa shape index (κ2) is 12.0. The average molecular weight is 620 g/mol. The molecule has 1 aliphatic heterocycles. The van der Waals surface area contributed by atoms with Crippen LogP contribution in [0.15, 0.2) is 41.4 Å². The number of primary amides is 1. The van der Waals surface area contributed by atoms with Gasteiger partial charge in [-0.2, -0.15) is 26.3 Å².